The van der Waals surface area contributed by atoms with Crippen molar-refractivity contribution in [2.75, 3.05) is 16.8 Å². The first kappa shape index (κ1) is 22.0. The molecule has 5 N–H and O–H groups in total. The van der Waals surface area contributed by atoms with Gasteiger partial charge in [0, 0.05) is 17.4 Å². The van der Waals surface area contributed by atoms with Crippen LogP contribution in [0.25, 0.3) is 11.3 Å². The summed E-state index contributed by atoms with van der Waals surface area (Å²) in [6, 6.07) is 17.6. The van der Waals surface area contributed by atoms with Crippen LogP contribution in [0.15, 0.2) is 72.9 Å². The first-order chi connectivity index (χ1) is 15.9. The van der Waals surface area contributed by atoms with E-state index < -0.39 is 11.7 Å². The van der Waals surface area contributed by atoms with Crippen LogP contribution in [0.3, 0.4) is 0 Å². The van der Waals surface area contributed by atoms with Gasteiger partial charge in [0.1, 0.15) is 24.0 Å². The van der Waals surface area contributed by atoms with Crippen molar-refractivity contribution in [1.29, 1.82) is 0 Å². The molecular weight excluding hydrogens is 445 g/mol. The molecule has 166 valence electrons. The second-order valence-electron chi connectivity index (χ2n) is 7.07. The summed E-state index contributed by atoms with van der Waals surface area (Å²) in [5, 5.41) is 2.93. The highest BCUT2D eigenvalue weighted by atomic mass is 35.5. The molecule has 0 atom stereocenters. The van der Waals surface area contributed by atoms with Gasteiger partial charge in [-0.2, -0.15) is 0 Å². The van der Waals surface area contributed by atoms with Crippen LogP contribution in [0.5, 0.6) is 5.75 Å². The first-order valence-electron chi connectivity index (χ1n) is 9.86. The Kier molecular flexibility index (Phi) is 6.37. The zero-order valence-corrected chi connectivity index (χ0v) is 18.0. The molecule has 0 aliphatic rings. The Hall–Kier alpha value is -4.17. The van der Waals surface area contributed by atoms with Crippen molar-refractivity contribution in [3.05, 3.63) is 95.0 Å². The molecule has 4 aromatic rings. The third kappa shape index (κ3) is 5.19. The highest BCUT2D eigenvalue weighted by Gasteiger charge is 2.15. The molecule has 2 heterocycles. The van der Waals surface area contributed by atoms with Gasteiger partial charge >= 0.3 is 0 Å². The summed E-state index contributed by atoms with van der Waals surface area (Å²) < 4.78 is 20.1. The number of pyridine rings is 2. The Morgan fingerprint density at radius 2 is 1.91 bits per heavy atom. The fraction of sp³-hybridized carbons (Fsp3) is 0.0417. The van der Waals surface area contributed by atoms with E-state index >= 15 is 0 Å². The van der Waals surface area contributed by atoms with Crippen LogP contribution in [-0.2, 0) is 6.61 Å². The molecule has 2 aromatic carbocycles. The topological polar surface area (TPSA) is 116 Å². The Labute approximate surface area is 194 Å². The number of nitrogen functional groups attached to an aromatic ring is 2. The second kappa shape index (κ2) is 9.54. The molecule has 7 nitrogen and oxygen atoms in total. The number of benzene rings is 2. The lowest BCUT2D eigenvalue weighted by Gasteiger charge is -2.11. The Bertz CT molecular complexity index is 1320. The second-order valence-corrected chi connectivity index (χ2v) is 7.48. The predicted molar refractivity (Wildman–Crippen MR) is 126 cm³/mol. The number of amides is 1. The van der Waals surface area contributed by atoms with E-state index in [4.69, 9.17) is 27.8 Å². The first-order valence-corrected chi connectivity index (χ1v) is 10.2. The third-order valence-corrected chi connectivity index (χ3v) is 5.05. The maximum Gasteiger partial charge on any atom is 0.258 e. The summed E-state index contributed by atoms with van der Waals surface area (Å²) in [6.07, 6.45) is 1.67. The number of anilines is 3. The van der Waals surface area contributed by atoms with Gasteiger partial charge in [-0.25, -0.2) is 9.37 Å². The minimum absolute atomic E-state index is 0.155. The third-order valence-electron chi connectivity index (χ3n) is 4.76. The average Bonchev–Trinajstić information content (AvgIpc) is 2.81. The van der Waals surface area contributed by atoms with Gasteiger partial charge in [0.25, 0.3) is 5.91 Å². The number of carbonyl (C=O) groups excluding carboxylic acids is 1. The van der Waals surface area contributed by atoms with E-state index in [0.717, 1.165) is 5.69 Å². The molecule has 0 aliphatic carbocycles. The van der Waals surface area contributed by atoms with Crippen molar-refractivity contribution in [3.63, 3.8) is 0 Å². The largest absolute Gasteiger partial charge is 0.486 e. The Morgan fingerprint density at radius 3 is 2.64 bits per heavy atom. The summed E-state index contributed by atoms with van der Waals surface area (Å²) in [5.74, 6) is -0.736. The van der Waals surface area contributed by atoms with E-state index in [1.54, 1.807) is 30.5 Å². The lowest BCUT2D eigenvalue weighted by atomic mass is 10.1. The molecular formula is C24H19ClFN5O2. The highest BCUT2D eigenvalue weighted by molar-refractivity contribution is 6.32. The average molecular weight is 464 g/mol. The van der Waals surface area contributed by atoms with E-state index in [0.29, 0.717) is 33.4 Å². The van der Waals surface area contributed by atoms with Gasteiger partial charge in [-0.05, 0) is 60.7 Å². The molecule has 2 aromatic heterocycles. The molecule has 4 rings (SSSR count). The van der Waals surface area contributed by atoms with Crippen molar-refractivity contribution in [3.8, 4) is 17.0 Å². The van der Waals surface area contributed by atoms with Crippen molar-refractivity contribution in [1.82, 2.24) is 9.97 Å². The number of ether oxygens (including phenoxy) is 1. The number of aromatic nitrogens is 2. The molecule has 33 heavy (non-hydrogen) atoms. The normalized spacial score (nSPS) is 10.6. The Morgan fingerprint density at radius 1 is 1.06 bits per heavy atom. The van der Waals surface area contributed by atoms with Gasteiger partial charge in [0.15, 0.2) is 0 Å². The zero-order valence-electron chi connectivity index (χ0n) is 17.3. The van der Waals surface area contributed by atoms with Crippen LogP contribution in [0.4, 0.5) is 21.6 Å². The molecule has 0 spiro atoms. The van der Waals surface area contributed by atoms with Gasteiger partial charge < -0.3 is 21.5 Å². The summed E-state index contributed by atoms with van der Waals surface area (Å²) in [4.78, 5) is 21.1. The Balaban J connectivity index is 1.49. The minimum atomic E-state index is -0.680. The van der Waals surface area contributed by atoms with Crippen molar-refractivity contribution >= 4 is 34.7 Å². The standard InChI is InChI=1S/C24H19ClFN5O2/c25-18-12-15(5-9-22(18)33-13-16-3-1-2-10-29-16)30-24(32)17-11-14(4-6-19(17)26)21-8-7-20(27)23(28)31-21/h1-12H,13,27H2,(H2,28,31)(H,30,32). The number of nitrogens with one attached hydrogen (secondary N) is 1. The molecule has 0 aliphatic heterocycles. The number of nitrogens with zero attached hydrogens (tertiary/aromatic N) is 2. The molecule has 9 heteroatoms. The SMILES string of the molecule is Nc1ccc(-c2ccc(F)c(C(=O)Nc3ccc(OCc4ccccn4)c(Cl)c3)c2)nc1N. The number of rotatable bonds is 6. The van der Waals surface area contributed by atoms with Crippen LogP contribution < -0.4 is 21.5 Å². The van der Waals surface area contributed by atoms with E-state index in [9.17, 15) is 9.18 Å². The van der Waals surface area contributed by atoms with Crippen molar-refractivity contribution < 1.29 is 13.9 Å². The van der Waals surface area contributed by atoms with Gasteiger partial charge in [-0.1, -0.05) is 17.7 Å². The molecule has 0 radical (unpaired) electrons. The smallest absolute Gasteiger partial charge is 0.258 e. The summed E-state index contributed by atoms with van der Waals surface area (Å²) in [5.41, 5.74) is 13.7. The monoisotopic (exact) mass is 463 g/mol. The van der Waals surface area contributed by atoms with Gasteiger partial charge in [-0.15, -0.1) is 0 Å². The van der Waals surface area contributed by atoms with Crippen molar-refractivity contribution in [2.45, 2.75) is 6.61 Å². The number of halogens is 2. The number of nitrogens with two attached hydrogens (primary N) is 2. The van der Waals surface area contributed by atoms with Gasteiger partial charge in [0.05, 0.1) is 27.7 Å². The van der Waals surface area contributed by atoms with Crippen LogP contribution in [-0.4, -0.2) is 15.9 Å². The van der Waals surface area contributed by atoms with Gasteiger partial charge in [-0.3, -0.25) is 9.78 Å². The maximum atomic E-state index is 14.4. The number of hydrogen-bond acceptors (Lipinski definition) is 6. The fourth-order valence-corrected chi connectivity index (χ4v) is 3.27. The number of hydrogen-bond donors (Lipinski definition) is 3. The van der Waals surface area contributed by atoms with Crippen LogP contribution in [0.2, 0.25) is 5.02 Å². The molecule has 0 saturated carbocycles. The molecule has 0 saturated heterocycles. The number of carbonyl (C=O) groups is 1. The summed E-state index contributed by atoms with van der Waals surface area (Å²) in [6.45, 7) is 0.244. The van der Waals surface area contributed by atoms with E-state index in [-0.39, 0.29) is 18.0 Å². The summed E-state index contributed by atoms with van der Waals surface area (Å²) >= 11 is 6.29. The lowest BCUT2D eigenvalue weighted by Crippen LogP contribution is -2.14. The summed E-state index contributed by atoms with van der Waals surface area (Å²) in [7, 11) is 0. The van der Waals surface area contributed by atoms with Crippen LogP contribution in [0.1, 0.15) is 16.1 Å². The van der Waals surface area contributed by atoms with Crippen LogP contribution >= 0.6 is 11.6 Å². The molecule has 0 unspecified atom stereocenters. The van der Waals surface area contributed by atoms with E-state index in [1.807, 2.05) is 18.2 Å². The van der Waals surface area contributed by atoms with Crippen molar-refractivity contribution in [2.24, 2.45) is 0 Å². The fourth-order valence-electron chi connectivity index (χ4n) is 3.03. The van der Waals surface area contributed by atoms with E-state index in [1.165, 1.54) is 24.3 Å². The molecule has 1 amide bonds. The molecule has 0 fully saturated rings. The van der Waals surface area contributed by atoms with Crippen LogP contribution in [0, 0.1) is 5.82 Å². The zero-order chi connectivity index (χ0) is 23.4. The minimum Gasteiger partial charge on any atom is -0.486 e. The predicted octanol–water partition coefficient (Wildman–Crippen LogP) is 4.93. The lowest BCUT2D eigenvalue weighted by molar-refractivity contribution is 0.102. The molecule has 0 bridgehead atoms. The van der Waals surface area contributed by atoms with Gasteiger partial charge in [0.2, 0.25) is 0 Å². The van der Waals surface area contributed by atoms with E-state index in [2.05, 4.69) is 15.3 Å². The highest BCUT2D eigenvalue weighted by Crippen LogP contribution is 2.29. The maximum absolute atomic E-state index is 14.4. The quantitative estimate of drug-likeness (QED) is 0.373.